The molecule has 1 aromatic rings. The van der Waals surface area contributed by atoms with E-state index in [0.717, 1.165) is 19.6 Å². The monoisotopic (exact) mass is 270 g/mol. The number of phenolic OH excluding ortho intramolecular Hbond substituents is 1. The minimum absolute atomic E-state index is 0.0912. The lowest BCUT2D eigenvalue weighted by Gasteiger charge is -2.19. The zero-order valence-electron chi connectivity index (χ0n) is 11.8. The highest BCUT2D eigenvalue weighted by Crippen LogP contribution is 2.24. The minimum Gasteiger partial charge on any atom is -0.508 e. The van der Waals surface area contributed by atoms with Crippen molar-refractivity contribution in [3.05, 3.63) is 29.6 Å². The summed E-state index contributed by atoms with van der Waals surface area (Å²) in [4.78, 5) is 2.15. The van der Waals surface area contributed by atoms with E-state index in [1.165, 1.54) is 18.2 Å². The molecule has 0 spiro atoms. The molecule has 0 radical (unpaired) electrons. The second-order valence-electron chi connectivity index (χ2n) is 4.68. The van der Waals surface area contributed by atoms with Crippen molar-refractivity contribution < 1.29 is 14.2 Å². The Labute approximate surface area is 114 Å². The van der Waals surface area contributed by atoms with Gasteiger partial charge in [-0.2, -0.15) is 0 Å². The molecular formula is C14H23FN2O2. The third-order valence-corrected chi connectivity index (χ3v) is 3.08. The van der Waals surface area contributed by atoms with E-state index in [-0.39, 0.29) is 17.6 Å². The number of hydrogen-bond donors (Lipinski definition) is 2. The van der Waals surface area contributed by atoms with Crippen molar-refractivity contribution >= 4 is 0 Å². The van der Waals surface area contributed by atoms with Crippen molar-refractivity contribution in [1.82, 2.24) is 10.2 Å². The number of aromatic hydroxyl groups is 1. The maximum Gasteiger partial charge on any atom is 0.123 e. The molecule has 0 aliphatic carbocycles. The van der Waals surface area contributed by atoms with Crippen LogP contribution in [-0.4, -0.2) is 50.4 Å². The van der Waals surface area contributed by atoms with Gasteiger partial charge in [-0.15, -0.1) is 0 Å². The van der Waals surface area contributed by atoms with Crippen LogP contribution >= 0.6 is 0 Å². The van der Waals surface area contributed by atoms with Crippen LogP contribution in [-0.2, 0) is 4.74 Å². The second kappa shape index (κ2) is 8.09. The molecule has 4 nitrogen and oxygen atoms in total. The largest absolute Gasteiger partial charge is 0.508 e. The van der Waals surface area contributed by atoms with Crippen LogP contribution in [0.3, 0.4) is 0 Å². The summed E-state index contributed by atoms with van der Waals surface area (Å²) in [5, 5.41) is 13.0. The number of hydrogen-bond acceptors (Lipinski definition) is 4. The highest BCUT2D eigenvalue weighted by molar-refractivity contribution is 5.34. The molecule has 1 rings (SSSR count). The minimum atomic E-state index is -0.335. The first-order valence-electron chi connectivity index (χ1n) is 6.44. The first-order valence-corrected chi connectivity index (χ1v) is 6.44. The van der Waals surface area contributed by atoms with Gasteiger partial charge in [0.2, 0.25) is 0 Å². The van der Waals surface area contributed by atoms with Crippen LogP contribution in [0, 0.1) is 5.82 Å². The van der Waals surface area contributed by atoms with E-state index in [2.05, 4.69) is 10.2 Å². The number of phenols is 1. The number of nitrogens with one attached hydrogen (secondary N) is 1. The topological polar surface area (TPSA) is 44.7 Å². The lowest BCUT2D eigenvalue weighted by Crippen LogP contribution is -2.32. The van der Waals surface area contributed by atoms with Crippen LogP contribution < -0.4 is 5.32 Å². The Bertz CT molecular complexity index is 388. The van der Waals surface area contributed by atoms with Crippen LogP contribution in [0.25, 0.3) is 0 Å². The van der Waals surface area contributed by atoms with Gasteiger partial charge in [0.05, 0.1) is 6.61 Å². The lowest BCUT2D eigenvalue weighted by molar-refractivity contribution is 0.161. The molecule has 0 aliphatic heterocycles. The summed E-state index contributed by atoms with van der Waals surface area (Å²) >= 11 is 0. The molecule has 2 N–H and O–H groups in total. The Balaban J connectivity index is 2.38. The van der Waals surface area contributed by atoms with Gasteiger partial charge in [-0.3, -0.25) is 0 Å². The SMILES string of the molecule is COCCN(C)CCNC(C)c1cc(F)ccc1O. The van der Waals surface area contributed by atoms with E-state index < -0.39 is 0 Å². The summed E-state index contributed by atoms with van der Waals surface area (Å²) in [7, 11) is 3.70. The fraction of sp³-hybridized carbons (Fsp3) is 0.571. The zero-order valence-corrected chi connectivity index (χ0v) is 11.8. The molecule has 0 aliphatic rings. The van der Waals surface area contributed by atoms with Gasteiger partial charge in [0.1, 0.15) is 11.6 Å². The molecule has 0 heterocycles. The van der Waals surface area contributed by atoms with Crippen molar-refractivity contribution in [2.75, 3.05) is 40.4 Å². The molecule has 5 heteroatoms. The van der Waals surface area contributed by atoms with Gasteiger partial charge in [-0.25, -0.2) is 4.39 Å². The van der Waals surface area contributed by atoms with E-state index in [4.69, 9.17) is 4.74 Å². The van der Waals surface area contributed by atoms with Gasteiger partial charge < -0.3 is 20.1 Å². The fourth-order valence-electron chi connectivity index (χ4n) is 1.81. The summed E-state index contributed by atoms with van der Waals surface area (Å²) in [6.45, 7) is 5.11. The third kappa shape index (κ3) is 5.55. The van der Waals surface area contributed by atoms with Crippen LogP contribution in [0.2, 0.25) is 0 Å². The molecule has 108 valence electrons. The number of nitrogens with zero attached hydrogens (tertiary/aromatic N) is 1. The Morgan fingerprint density at radius 1 is 1.42 bits per heavy atom. The molecule has 1 aromatic carbocycles. The lowest BCUT2D eigenvalue weighted by atomic mass is 10.1. The van der Waals surface area contributed by atoms with E-state index in [0.29, 0.717) is 12.2 Å². The Morgan fingerprint density at radius 2 is 2.16 bits per heavy atom. The van der Waals surface area contributed by atoms with Gasteiger partial charge in [-0.05, 0) is 32.2 Å². The number of likely N-dealkylation sites (N-methyl/N-ethyl adjacent to an activating group) is 1. The average molecular weight is 270 g/mol. The summed E-state index contributed by atoms with van der Waals surface area (Å²) in [5.74, 6) is -0.215. The molecular weight excluding hydrogens is 247 g/mol. The Kier molecular flexibility index (Phi) is 6.77. The van der Waals surface area contributed by atoms with Crippen LogP contribution in [0.5, 0.6) is 5.75 Å². The summed E-state index contributed by atoms with van der Waals surface area (Å²) in [6.07, 6.45) is 0. The molecule has 0 saturated heterocycles. The molecule has 0 saturated carbocycles. The fourth-order valence-corrected chi connectivity index (χ4v) is 1.81. The maximum absolute atomic E-state index is 13.1. The van der Waals surface area contributed by atoms with Gasteiger partial charge in [0.15, 0.2) is 0 Å². The second-order valence-corrected chi connectivity index (χ2v) is 4.68. The zero-order chi connectivity index (χ0) is 14.3. The predicted octanol–water partition coefficient (Wildman–Crippen LogP) is 1.76. The van der Waals surface area contributed by atoms with Crippen molar-refractivity contribution in [3.63, 3.8) is 0 Å². The molecule has 0 bridgehead atoms. The van der Waals surface area contributed by atoms with E-state index >= 15 is 0 Å². The molecule has 19 heavy (non-hydrogen) atoms. The molecule has 0 amide bonds. The number of benzene rings is 1. The van der Waals surface area contributed by atoms with Crippen LogP contribution in [0.1, 0.15) is 18.5 Å². The van der Waals surface area contributed by atoms with Gasteiger partial charge >= 0.3 is 0 Å². The van der Waals surface area contributed by atoms with Gasteiger partial charge in [0, 0.05) is 38.3 Å². The highest BCUT2D eigenvalue weighted by Gasteiger charge is 2.11. The average Bonchev–Trinajstić information content (AvgIpc) is 2.39. The van der Waals surface area contributed by atoms with Crippen molar-refractivity contribution in [1.29, 1.82) is 0 Å². The molecule has 0 aromatic heterocycles. The predicted molar refractivity (Wildman–Crippen MR) is 73.9 cm³/mol. The highest BCUT2D eigenvalue weighted by atomic mass is 19.1. The normalized spacial score (nSPS) is 12.9. The summed E-state index contributed by atoms with van der Waals surface area (Å²) in [5.41, 5.74) is 0.583. The van der Waals surface area contributed by atoms with Gasteiger partial charge in [-0.1, -0.05) is 0 Å². The van der Waals surface area contributed by atoms with Gasteiger partial charge in [0.25, 0.3) is 0 Å². The molecule has 1 atom stereocenters. The summed E-state index contributed by atoms with van der Waals surface area (Å²) in [6, 6.07) is 3.91. The van der Waals surface area contributed by atoms with Crippen LogP contribution in [0.4, 0.5) is 4.39 Å². The molecule has 1 unspecified atom stereocenters. The Morgan fingerprint density at radius 3 is 2.84 bits per heavy atom. The number of methoxy groups -OCH3 is 1. The van der Waals surface area contributed by atoms with E-state index in [9.17, 15) is 9.50 Å². The Hall–Kier alpha value is -1.17. The quantitative estimate of drug-likeness (QED) is 0.755. The first-order chi connectivity index (χ1) is 9.04. The van der Waals surface area contributed by atoms with E-state index in [1.54, 1.807) is 7.11 Å². The number of rotatable bonds is 8. The van der Waals surface area contributed by atoms with Crippen LogP contribution in [0.15, 0.2) is 18.2 Å². The smallest absolute Gasteiger partial charge is 0.123 e. The molecule has 0 fully saturated rings. The van der Waals surface area contributed by atoms with Crippen molar-refractivity contribution in [2.45, 2.75) is 13.0 Å². The summed E-state index contributed by atoms with van der Waals surface area (Å²) < 4.78 is 18.1. The first kappa shape index (κ1) is 15.9. The van der Waals surface area contributed by atoms with E-state index in [1.807, 2.05) is 14.0 Å². The number of ether oxygens (including phenoxy) is 1. The standard InChI is InChI=1S/C14H23FN2O2/c1-11(13-10-12(15)4-5-14(13)18)16-6-7-17(2)8-9-19-3/h4-5,10-11,16,18H,6-9H2,1-3H3. The third-order valence-electron chi connectivity index (χ3n) is 3.08. The van der Waals surface area contributed by atoms with Crippen molar-refractivity contribution in [3.8, 4) is 5.75 Å². The van der Waals surface area contributed by atoms with Crippen molar-refractivity contribution in [2.24, 2.45) is 0 Å². The maximum atomic E-state index is 13.1. The number of halogens is 1.